The van der Waals surface area contributed by atoms with Gasteiger partial charge in [-0.1, -0.05) is 0 Å². The van der Waals surface area contributed by atoms with Crippen molar-refractivity contribution in [3.05, 3.63) is 35.4 Å². The molecule has 0 bridgehead atoms. The van der Waals surface area contributed by atoms with Crippen LogP contribution in [0, 0.1) is 11.6 Å². The van der Waals surface area contributed by atoms with Gasteiger partial charge in [0.05, 0.1) is 0 Å². The molecule has 0 atom stereocenters. The Kier molecular flexibility index (Phi) is 3.68. The zero-order valence-corrected chi connectivity index (χ0v) is 10.2. The summed E-state index contributed by atoms with van der Waals surface area (Å²) in [4.78, 5) is 11.9. The van der Waals surface area contributed by atoms with Crippen molar-refractivity contribution < 1.29 is 23.1 Å². The number of nitrogens with zero attached hydrogens (tertiary/aromatic N) is 1. The van der Waals surface area contributed by atoms with Crippen LogP contribution in [-0.4, -0.2) is 34.9 Å². The van der Waals surface area contributed by atoms with Crippen LogP contribution in [0.25, 0.3) is 0 Å². The third-order valence-electron chi connectivity index (χ3n) is 3.37. The predicted molar refractivity (Wildman–Crippen MR) is 62.7 cm³/mol. The Balaban J connectivity index is 2.04. The lowest BCUT2D eigenvalue weighted by atomic mass is 9.87. The van der Waals surface area contributed by atoms with E-state index in [1.807, 2.05) is 0 Å². The van der Waals surface area contributed by atoms with Crippen LogP contribution in [0.5, 0.6) is 0 Å². The van der Waals surface area contributed by atoms with Crippen LogP contribution < -0.4 is 0 Å². The zero-order valence-electron chi connectivity index (χ0n) is 10.2. The zero-order chi connectivity index (χ0) is 14.0. The highest BCUT2D eigenvalue weighted by atomic mass is 19.1. The number of carbonyl (C=O) groups is 1. The summed E-state index contributed by atoms with van der Waals surface area (Å²) in [5.41, 5.74) is -1.35. The SMILES string of the molecule is O=C(O)N1CCC(F)(Cc2cc(F)cc(F)c2)CC1. The molecule has 1 aromatic carbocycles. The molecular formula is C13H14F3NO2. The van der Waals surface area contributed by atoms with E-state index >= 15 is 0 Å². The minimum atomic E-state index is -1.60. The molecule has 1 fully saturated rings. The molecule has 0 radical (unpaired) electrons. The van der Waals surface area contributed by atoms with Gasteiger partial charge in [-0.25, -0.2) is 18.0 Å². The number of halogens is 3. The normalized spacial score (nSPS) is 18.4. The summed E-state index contributed by atoms with van der Waals surface area (Å²) >= 11 is 0. The molecule has 0 saturated carbocycles. The number of likely N-dealkylation sites (tertiary alicyclic amines) is 1. The summed E-state index contributed by atoms with van der Waals surface area (Å²) in [5.74, 6) is -1.47. The van der Waals surface area contributed by atoms with E-state index in [9.17, 15) is 18.0 Å². The van der Waals surface area contributed by atoms with Gasteiger partial charge in [0, 0.05) is 25.6 Å². The number of hydrogen-bond donors (Lipinski definition) is 1. The fourth-order valence-corrected chi connectivity index (χ4v) is 2.35. The van der Waals surface area contributed by atoms with Crippen LogP contribution in [0.1, 0.15) is 18.4 Å². The Morgan fingerprint density at radius 2 is 1.74 bits per heavy atom. The van der Waals surface area contributed by atoms with Gasteiger partial charge in [-0.05, 0) is 30.5 Å². The van der Waals surface area contributed by atoms with Gasteiger partial charge in [0.25, 0.3) is 0 Å². The standard InChI is InChI=1S/C13H14F3NO2/c14-10-5-9(6-11(15)7-10)8-13(16)1-3-17(4-2-13)12(18)19/h5-7H,1-4,8H2,(H,18,19). The van der Waals surface area contributed by atoms with Crippen molar-refractivity contribution in [2.75, 3.05) is 13.1 Å². The predicted octanol–water partition coefficient (Wildman–Crippen LogP) is 2.99. The molecule has 0 spiro atoms. The van der Waals surface area contributed by atoms with Crippen LogP contribution in [0.15, 0.2) is 18.2 Å². The largest absolute Gasteiger partial charge is 0.465 e. The third-order valence-corrected chi connectivity index (χ3v) is 3.37. The Labute approximate surface area is 108 Å². The minimum Gasteiger partial charge on any atom is -0.465 e. The molecule has 1 amide bonds. The third kappa shape index (κ3) is 3.39. The molecule has 0 aromatic heterocycles. The van der Waals surface area contributed by atoms with Gasteiger partial charge in [0.1, 0.15) is 17.3 Å². The molecule has 104 valence electrons. The maximum Gasteiger partial charge on any atom is 0.407 e. The lowest BCUT2D eigenvalue weighted by Crippen LogP contribution is -2.45. The number of carboxylic acid groups (broad SMARTS) is 1. The first-order valence-corrected chi connectivity index (χ1v) is 6.00. The summed E-state index contributed by atoms with van der Waals surface area (Å²) < 4.78 is 40.5. The monoisotopic (exact) mass is 273 g/mol. The van der Waals surface area contributed by atoms with Gasteiger partial charge in [0.2, 0.25) is 0 Å². The number of amides is 1. The molecule has 1 heterocycles. The lowest BCUT2D eigenvalue weighted by Gasteiger charge is -2.35. The fourth-order valence-electron chi connectivity index (χ4n) is 2.35. The van der Waals surface area contributed by atoms with E-state index in [1.54, 1.807) is 0 Å². The summed E-state index contributed by atoms with van der Waals surface area (Å²) in [7, 11) is 0. The first-order valence-electron chi connectivity index (χ1n) is 6.00. The average molecular weight is 273 g/mol. The van der Waals surface area contributed by atoms with Gasteiger partial charge >= 0.3 is 6.09 Å². The van der Waals surface area contributed by atoms with E-state index in [2.05, 4.69) is 0 Å². The topological polar surface area (TPSA) is 40.5 Å². The molecule has 19 heavy (non-hydrogen) atoms. The first-order chi connectivity index (χ1) is 8.88. The molecule has 6 heteroatoms. The quantitative estimate of drug-likeness (QED) is 0.899. The van der Waals surface area contributed by atoms with Crippen LogP contribution in [0.4, 0.5) is 18.0 Å². The van der Waals surface area contributed by atoms with Crippen LogP contribution in [0.3, 0.4) is 0 Å². The Bertz CT molecular complexity index is 465. The Morgan fingerprint density at radius 1 is 1.21 bits per heavy atom. The van der Waals surface area contributed by atoms with E-state index in [4.69, 9.17) is 5.11 Å². The molecular weight excluding hydrogens is 259 g/mol. The lowest BCUT2D eigenvalue weighted by molar-refractivity contribution is 0.0573. The van der Waals surface area contributed by atoms with Crippen molar-refractivity contribution in [2.45, 2.75) is 24.9 Å². The van der Waals surface area contributed by atoms with Crippen molar-refractivity contribution in [2.24, 2.45) is 0 Å². The van der Waals surface area contributed by atoms with Gasteiger partial charge in [0.15, 0.2) is 0 Å². The van der Waals surface area contributed by atoms with Crippen molar-refractivity contribution in [3.63, 3.8) is 0 Å². The van der Waals surface area contributed by atoms with Crippen LogP contribution in [-0.2, 0) is 6.42 Å². The van der Waals surface area contributed by atoms with Crippen LogP contribution >= 0.6 is 0 Å². The number of alkyl halides is 1. The smallest absolute Gasteiger partial charge is 0.407 e. The number of rotatable bonds is 2. The van der Waals surface area contributed by atoms with E-state index in [-0.39, 0.29) is 37.9 Å². The molecule has 1 aromatic rings. The fraction of sp³-hybridized carbons (Fsp3) is 0.462. The van der Waals surface area contributed by atoms with E-state index in [0.717, 1.165) is 23.1 Å². The molecule has 1 aliphatic rings. The molecule has 0 aliphatic carbocycles. The number of benzene rings is 1. The highest BCUT2D eigenvalue weighted by Crippen LogP contribution is 2.30. The van der Waals surface area contributed by atoms with Crippen molar-refractivity contribution >= 4 is 6.09 Å². The second kappa shape index (κ2) is 5.11. The number of piperidine rings is 1. The van der Waals surface area contributed by atoms with E-state index < -0.39 is 23.4 Å². The molecule has 1 saturated heterocycles. The van der Waals surface area contributed by atoms with Crippen LogP contribution in [0.2, 0.25) is 0 Å². The van der Waals surface area contributed by atoms with Crippen molar-refractivity contribution in [3.8, 4) is 0 Å². The molecule has 1 N–H and O–H groups in total. The van der Waals surface area contributed by atoms with E-state index in [0.29, 0.717) is 0 Å². The number of hydrogen-bond acceptors (Lipinski definition) is 1. The minimum absolute atomic E-state index is 0.0391. The van der Waals surface area contributed by atoms with Gasteiger partial charge in [-0.15, -0.1) is 0 Å². The van der Waals surface area contributed by atoms with Gasteiger partial charge in [-0.3, -0.25) is 0 Å². The molecule has 3 nitrogen and oxygen atoms in total. The molecule has 2 rings (SSSR count). The molecule has 1 aliphatic heterocycles. The second-order valence-corrected chi connectivity index (χ2v) is 4.87. The molecule has 0 unspecified atom stereocenters. The highest BCUT2D eigenvalue weighted by Gasteiger charge is 2.36. The summed E-state index contributed by atoms with van der Waals surface area (Å²) in [6.45, 7) is 0.202. The summed E-state index contributed by atoms with van der Waals surface area (Å²) in [6.07, 6.45) is -1.09. The van der Waals surface area contributed by atoms with Crippen molar-refractivity contribution in [1.29, 1.82) is 0 Å². The average Bonchev–Trinajstić information content (AvgIpc) is 2.27. The summed E-state index contributed by atoms with van der Waals surface area (Å²) in [5, 5.41) is 8.78. The van der Waals surface area contributed by atoms with Gasteiger partial charge in [-0.2, -0.15) is 0 Å². The first kappa shape index (κ1) is 13.7. The Morgan fingerprint density at radius 3 is 2.21 bits per heavy atom. The van der Waals surface area contributed by atoms with Gasteiger partial charge < -0.3 is 10.0 Å². The maximum absolute atomic E-state index is 14.5. The summed E-state index contributed by atoms with van der Waals surface area (Å²) in [6, 6.07) is 2.95. The highest BCUT2D eigenvalue weighted by molar-refractivity contribution is 5.65. The Hall–Kier alpha value is -1.72. The maximum atomic E-state index is 14.5. The van der Waals surface area contributed by atoms with E-state index in [1.165, 1.54) is 0 Å². The second-order valence-electron chi connectivity index (χ2n) is 4.87. The van der Waals surface area contributed by atoms with Crippen molar-refractivity contribution in [1.82, 2.24) is 4.90 Å².